The van der Waals surface area contributed by atoms with Crippen molar-refractivity contribution in [3.05, 3.63) is 65.9 Å². The van der Waals surface area contributed by atoms with E-state index < -0.39 is 0 Å². The lowest BCUT2D eigenvalue weighted by Gasteiger charge is -2.36. The third-order valence-corrected chi connectivity index (χ3v) is 5.55. The maximum atomic E-state index is 13.5. The number of amides is 2. The van der Waals surface area contributed by atoms with Gasteiger partial charge in [0.1, 0.15) is 11.4 Å². The largest absolute Gasteiger partial charge is 0.496 e. The lowest BCUT2D eigenvalue weighted by atomic mass is 10.0. The number of nitrogens with zero attached hydrogens (tertiary/aromatic N) is 3. The Kier molecular flexibility index (Phi) is 5.83. The fourth-order valence-electron chi connectivity index (χ4n) is 4.05. The van der Waals surface area contributed by atoms with Crippen molar-refractivity contribution < 1.29 is 19.4 Å². The number of imide groups is 1. The normalized spacial score (nSPS) is 17.8. The van der Waals surface area contributed by atoms with Crippen LogP contribution in [0.15, 0.2) is 60.3 Å². The average molecular weight is 407 g/mol. The Hall–Kier alpha value is -3.16. The number of methoxy groups -OCH3 is 1. The summed E-state index contributed by atoms with van der Waals surface area (Å²) in [6, 6.07) is 16.3. The van der Waals surface area contributed by atoms with Crippen molar-refractivity contribution in [2.75, 3.05) is 51.3 Å². The molecule has 2 aromatic carbocycles. The summed E-state index contributed by atoms with van der Waals surface area (Å²) in [7, 11) is 1.56. The molecule has 0 bridgehead atoms. The predicted octanol–water partition coefficient (Wildman–Crippen LogP) is 1.59. The Morgan fingerprint density at radius 1 is 0.900 bits per heavy atom. The number of aliphatic hydroxyl groups excluding tert-OH is 1. The molecule has 2 heterocycles. The Bertz CT molecular complexity index is 965. The van der Waals surface area contributed by atoms with E-state index in [4.69, 9.17) is 4.74 Å². The van der Waals surface area contributed by atoms with Gasteiger partial charge in [-0.2, -0.15) is 0 Å². The minimum atomic E-state index is -0.344. The highest BCUT2D eigenvalue weighted by Gasteiger charge is 2.43. The van der Waals surface area contributed by atoms with Crippen LogP contribution in [0, 0.1) is 0 Å². The first-order valence-electron chi connectivity index (χ1n) is 10.1. The summed E-state index contributed by atoms with van der Waals surface area (Å²) in [5, 5.41) is 9.20. The lowest BCUT2D eigenvalue weighted by molar-refractivity contribution is -0.120. The number of β-amino-alcohol motifs (C(OH)–C–C–N with tert-alkyl or cyclic N) is 1. The zero-order valence-electron chi connectivity index (χ0n) is 17.0. The maximum Gasteiger partial charge on any atom is 0.282 e. The van der Waals surface area contributed by atoms with Crippen LogP contribution < -0.4 is 9.64 Å². The minimum absolute atomic E-state index is 0.106. The van der Waals surface area contributed by atoms with Crippen molar-refractivity contribution in [1.82, 2.24) is 9.80 Å². The average Bonchev–Trinajstić information content (AvgIpc) is 3.05. The number of para-hydroxylation sites is 2. The van der Waals surface area contributed by atoms with E-state index in [0.717, 1.165) is 13.1 Å². The van der Waals surface area contributed by atoms with Crippen molar-refractivity contribution in [2.45, 2.75) is 0 Å². The van der Waals surface area contributed by atoms with Gasteiger partial charge in [-0.1, -0.05) is 36.4 Å². The number of benzene rings is 2. The highest BCUT2D eigenvalue weighted by atomic mass is 16.5. The van der Waals surface area contributed by atoms with Gasteiger partial charge in [0.05, 0.1) is 25.0 Å². The number of carbonyl (C=O) groups excluding carboxylic acids is 2. The second-order valence-electron chi connectivity index (χ2n) is 7.26. The van der Waals surface area contributed by atoms with Crippen molar-refractivity contribution >= 4 is 23.1 Å². The summed E-state index contributed by atoms with van der Waals surface area (Å²) in [5.74, 6) is -0.105. The quantitative estimate of drug-likeness (QED) is 0.734. The molecule has 0 radical (unpaired) electrons. The monoisotopic (exact) mass is 407 g/mol. The fraction of sp³-hybridized carbons (Fsp3) is 0.304. The third kappa shape index (κ3) is 3.58. The van der Waals surface area contributed by atoms with Crippen LogP contribution in [-0.4, -0.2) is 73.2 Å². The predicted molar refractivity (Wildman–Crippen MR) is 114 cm³/mol. The molecule has 0 spiro atoms. The maximum absolute atomic E-state index is 13.5. The molecule has 0 saturated carbocycles. The molecule has 7 nitrogen and oxygen atoms in total. The smallest absolute Gasteiger partial charge is 0.282 e. The van der Waals surface area contributed by atoms with Crippen molar-refractivity contribution in [1.29, 1.82) is 0 Å². The molecule has 2 aliphatic rings. The van der Waals surface area contributed by atoms with Gasteiger partial charge in [0.2, 0.25) is 0 Å². The molecule has 0 unspecified atom stereocenters. The number of piperazine rings is 1. The van der Waals surface area contributed by atoms with E-state index in [1.807, 2.05) is 41.3 Å². The topological polar surface area (TPSA) is 73.3 Å². The summed E-state index contributed by atoms with van der Waals surface area (Å²) >= 11 is 0. The fourth-order valence-corrected chi connectivity index (χ4v) is 4.05. The Labute approximate surface area is 175 Å². The van der Waals surface area contributed by atoms with E-state index in [0.29, 0.717) is 47.9 Å². The van der Waals surface area contributed by atoms with E-state index in [1.54, 1.807) is 25.3 Å². The number of rotatable bonds is 6. The summed E-state index contributed by atoms with van der Waals surface area (Å²) in [6.07, 6.45) is 0. The number of carbonyl (C=O) groups is 2. The van der Waals surface area contributed by atoms with Crippen LogP contribution in [0.2, 0.25) is 0 Å². The molecule has 4 rings (SSSR count). The van der Waals surface area contributed by atoms with Crippen LogP contribution >= 0.6 is 0 Å². The van der Waals surface area contributed by atoms with Crippen LogP contribution in [-0.2, 0) is 9.59 Å². The number of anilines is 1. The second-order valence-corrected chi connectivity index (χ2v) is 7.26. The van der Waals surface area contributed by atoms with E-state index >= 15 is 0 Å². The van der Waals surface area contributed by atoms with Gasteiger partial charge in [-0.15, -0.1) is 0 Å². The summed E-state index contributed by atoms with van der Waals surface area (Å²) in [5.41, 5.74) is 1.95. The van der Waals surface area contributed by atoms with E-state index in [-0.39, 0.29) is 18.4 Å². The molecule has 1 saturated heterocycles. The highest BCUT2D eigenvalue weighted by molar-refractivity contribution is 6.45. The first-order valence-corrected chi connectivity index (χ1v) is 10.1. The van der Waals surface area contributed by atoms with Crippen LogP contribution in [0.1, 0.15) is 5.56 Å². The summed E-state index contributed by atoms with van der Waals surface area (Å²) in [4.78, 5) is 32.4. The molecule has 2 aromatic rings. The van der Waals surface area contributed by atoms with Crippen LogP contribution in [0.5, 0.6) is 5.75 Å². The second kappa shape index (κ2) is 8.69. The molecule has 2 amide bonds. The summed E-state index contributed by atoms with van der Waals surface area (Å²) < 4.78 is 5.50. The van der Waals surface area contributed by atoms with Gasteiger partial charge in [-0.25, -0.2) is 4.90 Å². The number of aliphatic hydroxyl groups is 1. The van der Waals surface area contributed by atoms with Crippen LogP contribution in [0.25, 0.3) is 5.57 Å². The van der Waals surface area contributed by atoms with Crippen molar-refractivity contribution in [3.63, 3.8) is 0 Å². The Balaban J connectivity index is 1.77. The zero-order valence-corrected chi connectivity index (χ0v) is 17.0. The molecule has 0 aromatic heterocycles. The lowest BCUT2D eigenvalue weighted by Crippen LogP contribution is -2.48. The van der Waals surface area contributed by atoms with Gasteiger partial charge in [0.15, 0.2) is 0 Å². The molecule has 2 aliphatic heterocycles. The van der Waals surface area contributed by atoms with Crippen molar-refractivity contribution in [2.24, 2.45) is 0 Å². The molecule has 7 heteroatoms. The van der Waals surface area contributed by atoms with Crippen LogP contribution in [0.3, 0.4) is 0 Å². The van der Waals surface area contributed by atoms with Gasteiger partial charge >= 0.3 is 0 Å². The van der Waals surface area contributed by atoms with Gasteiger partial charge in [-0.05, 0) is 18.2 Å². The zero-order chi connectivity index (χ0) is 21.1. The summed E-state index contributed by atoms with van der Waals surface area (Å²) in [6.45, 7) is 3.36. The van der Waals surface area contributed by atoms with Gasteiger partial charge in [0, 0.05) is 38.3 Å². The standard InChI is InChI=1S/C23H25N3O4/c1-30-19-10-6-5-9-18(19)20-21(25-13-11-24(12-14-25)15-16-27)23(29)26(22(20)28)17-7-3-2-4-8-17/h2-10,27H,11-16H2,1H3. The van der Waals surface area contributed by atoms with Gasteiger partial charge in [0.25, 0.3) is 11.8 Å². The SMILES string of the molecule is COc1ccccc1C1=C(N2CCN(CCO)CC2)C(=O)N(c2ccccc2)C1=O. The first-order chi connectivity index (χ1) is 14.7. The molecular formula is C23H25N3O4. The van der Waals surface area contributed by atoms with E-state index in [2.05, 4.69) is 4.90 Å². The molecule has 0 aliphatic carbocycles. The first kappa shape index (κ1) is 20.1. The molecule has 30 heavy (non-hydrogen) atoms. The van der Waals surface area contributed by atoms with E-state index in [9.17, 15) is 14.7 Å². The minimum Gasteiger partial charge on any atom is -0.496 e. The van der Waals surface area contributed by atoms with Crippen molar-refractivity contribution in [3.8, 4) is 5.75 Å². The molecular weight excluding hydrogens is 382 g/mol. The third-order valence-electron chi connectivity index (χ3n) is 5.55. The number of hydrogen-bond acceptors (Lipinski definition) is 6. The highest BCUT2D eigenvalue weighted by Crippen LogP contribution is 2.38. The van der Waals surface area contributed by atoms with Crippen LogP contribution in [0.4, 0.5) is 5.69 Å². The Morgan fingerprint density at radius 3 is 2.23 bits per heavy atom. The number of hydrogen-bond donors (Lipinski definition) is 1. The van der Waals surface area contributed by atoms with Gasteiger partial charge < -0.3 is 14.7 Å². The molecule has 156 valence electrons. The molecule has 1 N–H and O–H groups in total. The van der Waals surface area contributed by atoms with Gasteiger partial charge in [-0.3, -0.25) is 14.5 Å². The number of ether oxygens (including phenoxy) is 1. The Morgan fingerprint density at radius 2 is 1.57 bits per heavy atom. The molecule has 0 atom stereocenters. The van der Waals surface area contributed by atoms with E-state index in [1.165, 1.54) is 4.90 Å². The molecule has 1 fully saturated rings.